The molecule has 4 atom stereocenters. The molecule has 0 unspecified atom stereocenters. The number of rotatable bonds is 5. The van der Waals surface area contributed by atoms with Gasteiger partial charge in [-0.1, -0.05) is 18.2 Å². The Labute approximate surface area is 224 Å². The van der Waals surface area contributed by atoms with Gasteiger partial charge in [-0.15, -0.1) is 0 Å². The molecule has 0 heterocycles. The summed E-state index contributed by atoms with van der Waals surface area (Å²) in [5.41, 5.74) is 3.46. The first-order chi connectivity index (χ1) is 18.4. The molecule has 0 bridgehead atoms. The second-order valence-corrected chi connectivity index (χ2v) is 11.4. The van der Waals surface area contributed by atoms with Crippen molar-refractivity contribution in [2.45, 2.75) is 49.9 Å². The number of aromatic hydroxyl groups is 1. The smallest absolute Gasteiger partial charge is 0.255 e. The molecule has 2 aromatic rings. The summed E-state index contributed by atoms with van der Waals surface area (Å²) >= 11 is 0. The number of carbonyl (C=O) groups excluding carboxylic acids is 3. The topological polar surface area (TPSA) is 173 Å². The Hall–Kier alpha value is -3.73. The van der Waals surface area contributed by atoms with Crippen LogP contribution in [-0.4, -0.2) is 74.6 Å². The maximum atomic E-state index is 13.9. The van der Waals surface area contributed by atoms with Crippen molar-refractivity contribution in [3.8, 4) is 5.75 Å². The first kappa shape index (κ1) is 25.5. The lowest BCUT2D eigenvalue weighted by Gasteiger charge is -2.50. The molecule has 0 radical (unpaired) electrons. The van der Waals surface area contributed by atoms with E-state index in [4.69, 9.17) is 5.73 Å². The number of likely N-dealkylation sites (N-methyl/N-ethyl adjacent to an activating group) is 1. The largest absolute Gasteiger partial charge is 0.508 e. The fourth-order valence-electron chi connectivity index (χ4n) is 6.72. The first-order valence-corrected chi connectivity index (χ1v) is 13.1. The Kier molecular flexibility index (Phi) is 5.66. The summed E-state index contributed by atoms with van der Waals surface area (Å²) in [6.07, 6.45) is 2.62. The van der Waals surface area contributed by atoms with Crippen LogP contribution in [0.15, 0.2) is 41.2 Å². The Morgan fingerprint density at radius 1 is 1.15 bits per heavy atom. The van der Waals surface area contributed by atoms with Gasteiger partial charge in [-0.2, -0.15) is 0 Å². The van der Waals surface area contributed by atoms with Crippen LogP contribution in [0.5, 0.6) is 5.75 Å². The molecule has 4 aliphatic rings. The lowest BCUT2D eigenvalue weighted by atomic mass is 9.57. The van der Waals surface area contributed by atoms with Crippen LogP contribution < -0.4 is 11.1 Å². The molecule has 204 valence electrons. The van der Waals surface area contributed by atoms with Crippen LogP contribution in [0.2, 0.25) is 0 Å². The zero-order valence-electron chi connectivity index (χ0n) is 21.7. The number of aliphatic hydroxyl groups is 3. The lowest BCUT2D eigenvalue weighted by molar-refractivity contribution is -0.153. The van der Waals surface area contributed by atoms with Gasteiger partial charge in [0.05, 0.1) is 11.6 Å². The highest BCUT2D eigenvalue weighted by atomic mass is 16.3. The van der Waals surface area contributed by atoms with E-state index in [1.807, 2.05) is 24.3 Å². The number of fused-ring (bicyclic) bond motifs is 4. The maximum absolute atomic E-state index is 13.9. The minimum atomic E-state index is -2.64. The molecular weight excluding hydrogens is 502 g/mol. The molecular formula is C29H31N3O7. The average molecular weight is 534 g/mol. The molecule has 2 saturated carbocycles. The van der Waals surface area contributed by atoms with Crippen molar-refractivity contribution in [3.63, 3.8) is 0 Å². The van der Waals surface area contributed by atoms with E-state index in [2.05, 4.69) is 5.32 Å². The van der Waals surface area contributed by atoms with E-state index in [1.165, 1.54) is 4.90 Å². The third-order valence-corrected chi connectivity index (χ3v) is 8.76. The molecule has 7 N–H and O–H groups in total. The molecule has 0 spiro atoms. The highest BCUT2D eigenvalue weighted by molar-refractivity contribution is 6.24. The number of carbonyl (C=O) groups is 3. The molecule has 0 saturated heterocycles. The van der Waals surface area contributed by atoms with Crippen molar-refractivity contribution in [2.75, 3.05) is 14.1 Å². The number of benzene rings is 2. The van der Waals surface area contributed by atoms with Crippen LogP contribution in [0.1, 0.15) is 36.0 Å². The Morgan fingerprint density at radius 3 is 2.51 bits per heavy atom. The second kappa shape index (κ2) is 8.64. The van der Waals surface area contributed by atoms with Crippen molar-refractivity contribution in [2.24, 2.45) is 17.6 Å². The van der Waals surface area contributed by atoms with Crippen molar-refractivity contribution in [1.82, 2.24) is 10.2 Å². The van der Waals surface area contributed by atoms with Crippen molar-refractivity contribution < 1.29 is 34.8 Å². The normalized spacial score (nSPS) is 28.6. The molecule has 0 aromatic heterocycles. The zero-order chi connectivity index (χ0) is 28.0. The minimum Gasteiger partial charge on any atom is -0.508 e. The molecule has 10 nitrogen and oxygen atoms in total. The molecule has 2 aromatic carbocycles. The van der Waals surface area contributed by atoms with Gasteiger partial charge in [0.25, 0.3) is 5.91 Å². The number of nitrogens with two attached hydrogens (primary N) is 1. The van der Waals surface area contributed by atoms with Gasteiger partial charge in [0, 0.05) is 29.5 Å². The highest BCUT2D eigenvalue weighted by Crippen LogP contribution is 2.53. The second-order valence-electron chi connectivity index (χ2n) is 11.4. The summed E-state index contributed by atoms with van der Waals surface area (Å²) in [5.74, 6) is -6.46. The number of hydrogen-bond acceptors (Lipinski definition) is 9. The summed E-state index contributed by atoms with van der Waals surface area (Å²) in [4.78, 5) is 40.7. The fourth-order valence-corrected chi connectivity index (χ4v) is 6.72. The van der Waals surface area contributed by atoms with Gasteiger partial charge in [-0.3, -0.25) is 19.3 Å². The van der Waals surface area contributed by atoms with Crippen LogP contribution in [0.3, 0.4) is 0 Å². The number of phenolic OH excluding ortho intramolecular Hbond substituents is 1. The number of Topliss-reactive ketones (excluding diaryl/α,β-unsaturated/α-hetero) is 2. The number of ketones is 2. The molecule has 1 amide bonds. The number of phenols is 1. The van der Waals surface area contributed by atoms with Crippen molar-refractivity contribution >= 4 is 34.0 Å². The molecule has 4 aliphatic carbocycles. The number of primary amides is 1. The number of nitrogens with one attached hydrogen (secondary N) is 1. The van der Waals surface area contributed by atoms with Gasteiger partial charge >= 0.3 is 0 Å². The van der Waals surface area contributed by atoms with E-state index >= 15 is 0 Å². The third-order valence-electron chi connectivity index (χ3n) is 8.76. The van der Waals surface area contributed by atoms with Crippen LogP contribution in [0, 0.1) is 11.8 Å². The standard InChI is InChI=1S/C29H31N3O7/c1-32(2)22-18-10-15-9-14-8-13-4-3-12(11-31-16-5-6-16)7-17(13)23(33)19(14)24(34)20(15)26(36)29(18,39)27(37)21(25(22)35)28(30)38/h3-4,7-8,15-16,18,22,31,33-34,37,39H,5-6,9-11H2,1-2H3,(H2,30,38)/t15-,18-,22-,29-/m0/s1. The monoisotopic (exact) mass is 533 g/mol. The molecule has 2 fully saturated rings. The van der Waals surface area contributed by atoms with Crippen molar-refractivity contribution in [3.05, 3.63) is 57.9 Å². The van der Waals surface area contributed by atoms with Crippen LogP contribution >= 0.6 is 0 Å². The number of aliphatic hydroxyl groups excluding tert-OH is 2. The molecule has 39 heavy (non-hydrogen) atoms. The first-order valence-electron chi connectivity index (χ1n) is 13.1. The third kappa shape index (κ3) is 3.62. The SMILES string of the molecule is CN(C)[C@@H]1C(=O)C(C(N)=O)=C(O)[C@@]2(O)C(=O)C3=C(O)c4c(cc5ccc(CNC6CC6)cc5c4O)C[C@H]3C[C@@H]12. The average Bonchev–Trinajstić information content (AvgIpc) is 3.69. The summed E-state index contributed by atoms with van der Waals surface area (Å²) in [6, 6.07) is 7.03. The summed E-state index contributed by atoms with van der Waals surface area (Å²) in [6.45, 7) is 0.638. The quantitative estimate of drug-likeness (QED) is 0.310. The summed E-state index contributed by atoms with van der Waals surface area (Å²) in [5, 5.41) is 50.1. The van der Waals surface area contributed by atoms with Gasteiger partial charge < -0.3 is 31.5 Å². The molecule has 6 rings (SSSR count). The zero-order valence-corrected chi connectivity index (χ0v) is 21.7. The van der Waals surface area contributed by atoms with E-state index in [0.29, 0.717) is 23.5 Å². The number of hydrogen-bond donors (Lipinski definition) is 6. The van der Waals surface area contributed by atoms with E-state index in [-0.39, 0.29) is 29.7 Å². The maximum Gasteiger partial charge on any atom is 0.255 e. The van der Waals surface area contributed by atoms with Crippen molar-refractivity contribution in [1.29, 1.82) is 0 Å². The van der Waals surface area contributed by atoms with Gasteiger partial charge in [0.15, 0.2) is 11.4 Å². The van der Waals surface area contributed by atoms with Crippen LogP contribution in [-0.2, 0) is 27.3 Å². The van der Waals surface area contributed by atoms with Gasteiger partial charge in [0.1, 0.15) is 22.8 Å². The molecule has 0 aliphatic heterocycles. The van der Waals surface area contributed by atoms with E-state index in [0.717, 1.165) is 23.8 Å². The number of nitrogens with zero attached hydrogens (tertiary/aromatic N) is 1. The summed E-state index contributed by atoms with van der Waals surface area (Å²) in [7, 11) is 3.15. The van der Waals surface area contributed by atoms with Crippen LogP contribution in [0.25, 0.3) is 16.5 Å². The van der Waals surface area contributed by atoms with Crippen LogP contribution in [0.4, 0.5) is 0 Å². The van der Waals surface area contributed by atoms with Gasteiger partial charge in [-0.25, -0.2) is 0 Å². The van der Waals surface area contributed by atoms with E-state index in [9.17, 15) is 34.8 Å². The van der Waals surface area contributed by atoms with Gasteiger partial charge in [0.2, 0.25) is 5.78 Å². The predicted octanol–water partition coefficient (Wildman–Crippen LogP) is 1.37. The number of amides is 1. The fraction of sp³-hybridized carbons (Fsp3) is 0.414. The lowest BCUT2D eigenvalue weighted by Crippen LogP contribution is -2.65. The Bertz CT molecular complexity index is 1540. The Morgan fingerprint density at radius 2 is 1.87 bits per heavy atom. The minimum absolute atomic E-state index is 0.0658. The Balaban J connectivity index is 1.49. The predicted molar refractivity (Wildman–Crippen MR) is 142 cm³/mol. The highest BCUT2D eigenvalue weighted by Gasteiger charge is 2.64. The van der Waals surface area contributed by atoms with E-state index < -0.39 is 58.0 Å². The summed E-state index contributed by atoms with van der Waals surface area (Å²) < 4.78 is 0. The van der Waals surface area contributed by atoms with Gasteiger partial charge in [-0.05, 0) is 68.3 Å². The molecule has 10 heteroatoms. The van der Waals surface area contributed by atoms with E-state index in [1.54, 1.807) is 14.1 Å².